The average Bonchev–Trinajstić information content (AvgIpc) is 3.27. The molecule has 0 aliphatic rings. The molecule has 0 radical (unpaired) electrons. The van der Waals surface area contributed by atoms with Crippen molar-refractivity contribution in [2.24, 2.45) is 0 Å². The summed E-state index contributed by atoms with van der Waals surface area (Å²) in [6.07, 6.45) is 4.49. The van der Waals surface area contributed by atoms with Gasteiger partial charge in [0.2, 0.25) is 0 Å². The second kappa shape index (κ2) is 9.55. The predicted octanol–water partition coefficient (Wildman–Crippen LogP) is 2.28. The zero-order valence-corrected chi connectivity index (χ0v) is 17.2. The molecule has 2 N–H and O–H groups in total. The molecule has 1 aromatic carbocycles. The van der Waals surface area contributed by atoms with Gasteiger partial charge in [0, 0.05) is 30.5 Å². The normalized spacial score (nSPS) is 12.2. The molecule has 8 nitrogen and oxygen atoms in total. The van der Waals surface area contributed by atoms with Crippen molar-refractivity contribution in [3.05, 3.63) is 83.5 Å². The van der Waals surface area contributed by atoms with Gasteiger partial charge in [-0.1, -0.05) is 17.7 Å². The third-order valence-electron chi connectivity index (χ3n) is 4.21. The van der Waals surface area contributed by atoms with Crippen molar-refractivity contribution in [1.29, 1.82) is 0 Å². The first-order valence-corrected chi connectivity index (χ1v) is 10.8. The van der Waals surface area contributed by atoms with Gasteiger partial charge < -0.3 is 15.1 Å². The minimum atomic E-state index is -3.92. The highest BCUT2D eigenvalue weighted by Crippen LogP contribution is 2.29. The van der Waals surface area contributed by atoms with Crippen molar-refractivity contribution < 1.29 is 22.4 Å². The van der Waals surface area contributed by atoms with Gasteiger partial charge in [0.25, 0.3) is 0 Å². The van der Waals surface area contributed by atoms with Gasteiger partial charge in [-0.05, 0) is 48.0 Å². The van der Waals surface area contributed by atoms with Gasteiger partial charge >= 0.3 is 11.8 Å². The van der Waals surface area contributed by atoms with E-state index in [1.54, 1.807) is 30.6 Å². The van der Waals surface area contributed by atoms with Gasteiger partial charge in [-0.2, -0.15) is 0 Å². The number of nitrogens with zero attached hydrogens (tertiary/aromatic N) is 1. The Kier molecular flexibility index (Phi) is 6.86. The van der Waals surface area contributed by atoms with Gasteiger partial charge in [0.1, 0.15) is 11.0 Å². The summed E-state index contributed by atoms with van der Waals surface area (Å²) in [6.45, 7) is -0.234. The van der Waals surface area contributed by atoms with E-state index in [1.807, 2.05) is 0 Å². The van der Waals surface area contributed by atoms with Crippen LogP contribution in [0.3, 0.4) is 0 Å². The highest BCUT2D eigenvalue weighted by Gasteiger charge is 2.32. The van der Waals surface area contributed by atoms with Crippen LogP contribution in [0.1, 0.15) is 16.6 Å². The Morgan fingerprint density at radius 2 is 1.77 bits per heavy atom. The molecule has 0 bridgehead atoms. The van der Waals surface area contributed by atoms with E-state index < -0.39 is 26.9 Å². The number of furan rings is 1. The molecule has 0 saturated heterocycles. The van der Waals surface area contributed by atoms with Crippen LogP contribution in [0, 0.1) is 0 Å². The maximum absolute atomic E-state index is 13.1. The molecule has 0 saturated carbocycles. The number of sulfone groups is 1. The Bertz CT molecular complexity index is 1100. The number of pyridine rings is 1. The molecule has 3 aromatic rings. The molecule has 0 aliphatic heterocycles. The number of carbonyl (C=O) groups is 2. The monoisotopic (exact) mass is 447 g/mol. The molecule has 1 atom stereocenters. The molecule has 10 heteroatoms. The number of halogens is 1. The topological polar surface area (TPSA) is 118 Å². The summed E-state index contributed by atoms with van der Waals surface area (Å²) in [5.41, 5.74) is 0.720. The SMILES string of the molecule is O=C(NCc1cccnc1)C(=O)NC[C@H](c1ccco1)S(=O)(=O)c1ccc(Cl)cc1. The van der Waals surface area contributed by atoms with Crippen LogP contribution >= 0.6 is 11.6 Å². The van der Waals surface area contributed by atoms with Crippen LogP contribution in [0.2, 0.25) is 5.02 Å². The molecular weight excluding hydrogens is 430 g/mol. The van der Waals surface area contributed by atoms with Crippen LogP contribution in [0.5, 0.6) is 0 Å². The Morgan fingerprint density at radius 1 is 1.03 bits per heavy atom. The molecule has 156 valence electrons. The highest BCUT2D eigenvalue weighted by molar-refractivity contribution is 7.91. The lowest BCUT2D eigenvalue weighted by Crippen LogP contribution is -2.42. The van der Waals surface area contributed by atoms with Crippen molar-refractivity contribution in [2.75, 3.05) is 6.54 Å². The van der Waals surface area contributed by atoms with E-state index in [-0.39, 0.29) is 23.7 Å². The largest absolute Gasteiger partial charge is 0.468 e. The van der Waals surface area contributed by atoms with E-state index in [4.69, 9.17) is 16.0 Å². The molecule has 30 heavy (non-hydrogen) atoms. The summed E-state index contributed by atoms with van der Waals surface area (Å²) in [7, 11) is -3.92. The van der Waals surface area contributed by atoms with Crippen molar-refractivity contribution >= 4 is 33.3 Å². The fourth-order valence-electron chi connectivity index (χ4n) is 2.66. The lowest BCUT2D eigenvalue weighted by atomic mass is 10.3. The van der Waals surface area contributed by atoms with Crippen molar-refractivity contribution in [2.45, 2.75) is 16.7 Å². The third-order valence-corrected chi connectivity index (χ3v) is 6.54. The maximum Gasteiger partial charge on any atom is 0.309 e. The van der Waals surface area contributed by atoms with Crippen molar-refractivity contribution in [3.63, 3.8) is 0 Å². The van der Waals surface area contributed by atoms with Crippen LogP contribution in [0.15, 0.2) is 76.5 Å². The van der Waals surface area contributed by atoms with Crippen molar-refractivity contribution in [3.8, 4) is 0 Å². The molecule has 2 amide bonds. The molecule has 3 rings (SSSR count). The Morgan fingerprint density at radius 3 is 2.40 bits per heavy atom. The summed E-state index contributed by atoms with van der Waals surface area (Å²) in [4.78, 5) is 28.1. The lowest BCUT2D eigenvalue weighted by molar-refractivity contribution is -0.139. The molecule has 0 unspecified atom stereocenters. The van der Waals surface area contributed by atoms with Gasteiger partial charge in [0.15, 0.2) is 9.84 Å². The van der Waals surface area contributed by atoms with Gasteiger partial charge in [-0.3, -0.25) is 14.6 Å². The number of carbonyl (C=O) groups excluding carboxylic acids is 2. The first-order valence-electron chi connectivity index (χ1n) is 8.85. The van der Waals surface area contributed by atoms with E-state index in [1.165, 1.54) is 36.6 Å². The summed E-state index contributed by atoms with van der Waals surface area (Å²) in [5, 5.41) is 3.99. The maximum atomic E-state index is 13.1. The zero-order valence-electron chi connectivity index (χ0n) is 15.6. The van der Waals surface area contributed by atoms with E-state index in [0.29, 0.717) is 5.02 Å². The zero-order chi connectivity index (χ0) is 21.6. The molecule has 0 aliphatic carbocycles. The Labute approximate surface area is 178 Å². The number of hydrogen-bond donors (Lipinski definition) is 2. The Balaban J connectivity index is 1.69. The van der Waals surface area contributed by atoms with Gasteiger partial charge in [-0.25, -0.2) is 8.42 Å². The fourth-order valence-corrected chi connectivity index (χ4v) is 4.37. The quantitative estimate of drug-likeness (QED) is 0.536. The third kappa shape index (κ3) is 5.25. The van der Waals surface area contributed by atoms with Crippen LogP contribution in [0.4, 0.5) is 0 Å². The minimum Gasteiger partial charge on any atom is -0.468 e. The first-order chi connectivity index (χ1) is 14.4. The number of amides is 2. The molecule has 2 aromatic heterocycles. The van der Waals surface area contributed by atoms with E-state index in [2.05, 4.69) is 15.6 Å². The first kappa shape index (κ1) is 21.5. The highest BCUT2D eigenvalue weighted by atomic mass is 35.5. The summed E-state index contributed by atoms with van der Waals surface area (Å²) in [5.74, 6) is -1.70. The van der Waals surface area contributed by atoms with Gasteiger partial charge in [0.05, 0.1) is 11.2 Å². The predicted molar refractivity (Wildman–Crippen MR) is 109 cm³/mol. The van der Waals surface area contributed by atoms with Crippen LogP contribution in [-0.4, -0.2) is 31.8 Å². The molecular formula is C20H18ClN3O5S. The van der Waals surface area contributed by atoms with Crippen LogP contribution in [0.25, 0.3) is 0 Å². The summed E-state index contributed by atoms with van der Waals surface area (Å²) >= 11 is 5.83. The lowest BCUT2D eigenvalue weighted by Gasteiger charge is -2.16. The molecule has 0 spiro atoms. The van der Waals surface area contributed by atoms with Crippen LogP contribution < -0.4 is 10.6 Å². The number of rotatable bonds is 7. The number of nitrogens with one attached hydrogen (secondary N) is 2. The van der Waals surface area contributed by atoms with Crippen LogP contribution in [-0.2, 0) is 26.0 Å². The summed E-state index contributed by atoms with van der Waals surface area (Å²) in [6, 6.07) is 12.1. The van der Waals surface area contributed by atoms with Crippen molar-refractivity contribution in [1.82, 2.24) is 15.6 Å². The second-order valence-electron chi connectivity index (χ2n) is 6.26. The van der Waals surface area contributed by atoms with E-state index >= 15 is 0 Å². The smallest absolute Gasteiger partial charge is 0.309 e. The average molecular weight is 448 g/mol. The Hall–Kier alpha value is -3.17. The van der Waals surface area contributed by atoms with Gasteiger partial charge in [-0.15, -0.1) is 0 Å². The number of aromatic nitrogens is 1. The molecule has 0 fully saturated rings. The van der Waals surface area contributed by atoms with E-state index in [0.717, 1.165) is 5.56 Å². The van der Waals surface area contributed by atoms with E-state index in [9.17, 15) is 18.0 Å². The second-order valence-corrected chi connectivity index (χ2v) is 8.82. The molecule has 2 heterocycles. The number of benzene rings is 1. The minimum absolute atomic E-state index is 0.0172. The fraction of sp³-hybridized carbons (Fsp3) is 0.150. The standard InChI is InChI=1S/C20H18ClN3O5S/c21-15-5-7-16(8-6-15)30(27,28)18(17-4-2-10-29-17)13-24-20(26)19(25)23-12-14-3-1-9-22-11-14/h1-11,18H,12-13H2,(H,23,25)(H,24,26)/t18-/m1/s1. The summed E-state index contributed by atoms with van der Waals surface area (Å²) < 4.78 is 31.4. The number of hydrogen-bond acceptors (Lipinski definition) is 6.